The van der Waals surface area contributed by atoms with Crippen LogP contribution >= 0.6 is 0 Å². The zero-order valence-corrected chi connectivity index (χ0v) is 13.1. The van der Waals surface area contributed by atoms with Crippen LogP contribution in [0.2, 0.25) is 0 Å². The van der Waals surface area contributed by atoms with Gasteiger partial charge in [-0.25, -0.2) is 0 Å². The van der Waals surface area contributed by atoms with Gasteiger partial charge >= 0.3 is 0 Å². The number of nitrogens with one attached hydrogen (secondary N) is 1. The van der Waals surface area contributed by atoms with Crippen LogP contribution in [0.5, 0.6) is 0 Å². The van der Waals surface area contributed by atoms with E-state index in [4.69, 9.17) is 4.42 Å². The Morgan fingerprint density at radius 3 is 2.61 bits per heavy atom. The van der Waals surface area contributed by atoms with Gasteiger partial charge in [0.2, 0.25) is 0 Å². The van der Waals surface area contributed by atoms with E-state index >= 15 is 0 Å². The fraction of sp³-hybridized carbons (Fsp3) is 0.211. The molecule has 0 aliphatic heterocycles. The van der Waals surface area contributed by atoms with Gasteiger partial charge in [0.05, 0.1) is 12.6 Å². The molecular weight excluding hydrogens is 288 g/mol. The van der Waals surface area contributed by atoms with Crippen molar-refractivity contribution in [1.29, 1.82) is 0 Å². The van der Waals surface area contributed by atoms with Crippen molar-refractivity contribution in [1.82, 2.24) is 10.3 Å². The first kappa shape index (κ1) is 15.5. The third-order valence-electron chi connectivity index (χ3n) is 3.69. The summed E-state index contributed by atoms with van der Waals surface area (Å²) in [4.78, 5) is 4.09. The minimum atomic E-state index is -0.451. The van der Waals surface area contributed by atoms with Crippen LogP contribution in [0.25, 0.3) is 11.3 Å². The zero-order chi connectivity index (χ0) is 16.1. The van der Waals surface area contributed by atoms with Crippen LogP contribution in [0.4, 0.5) is 0 Å². The molecule has 0 spiro atoms. The van der Waals surface area contributed by atoms with E-state index in [-0.39, 0.29) is 0 Å². The molecule has 1 aromatic carbocycles. The molecule has 0 saturated heterocycles. The molecule has 23 heavy (non-hydrogen) atoms. The van der Waals surface area contributed by atoms with Gasteiger partial charge in [0.15, 0.2) is 0 Å². The fourth-order valence-electron chi connectivity index (χ4n) is 2.39. The molecule has 0 aliphatic rings. The lowest BCUT2D eigenvalue weighted by molar-refractivity contribution is 0.199. The molecule has 0 radical (unpaired) electrons. The molecule has 1 atom stereocenters. The Morgan fingerprint density at radius 2 is 1.91 bits per heavy atom. The van der Waals surface area contributed by atoms with Crippen molar-refractivity contribution in [3.8, 4) is 11.3 Å². The number of aromatic nitrogens is 1. The van der Waals surface area contributed by atoms with Crippen LogP contribution in [0.15, 0.2) is 65.3 Å². The van der Waals surface area contributed by atoms with Crippen LogP contribution in [0, 0.1) is 0 Å². The Morgan fingerprint density at radius 1 is 1.09 bits per heavy atom. The van der Waals surface area contributed by atoms with Gasteiger partial charge in [0.25, 0.3) is 0 Å². The van der Waals surface area contributed by atoms with Crippen molar-refractivity contribution >= 4 is 0 Å². The van der Waals surface area contributed by atoms with Crippen molar-refractivity contribution in [2.75, 3.05) is 0 Å². The van der Waals surface area contributed by atoms with Gasteiger partial charge in [-0.3, -0.25) is 4.98 Å². The molecular formula is C19H20N2O2. The lowest BCUT2D eigenvalue weighted by Crippen LogP contribution is -2.12. The maximum Gasteiger partial charge on any atom is 0.134 e. The van der Waals surface area contributed by atoms with Gasteiger partial charge in [-0.1, -0.05) is 30.3 Å². The Bertz CT molecular complexity index is 734. The quantitative estimate of drug-likeness (QED) is 0.729. The molecule has 0 unspecified atom stereocenters. The summed E-state index contributed by atoms with van der Waals surface area (Å²) >= 11 is 0. The highest BCUT2D eigenvalue weighted by Crippen LogP contribution is 2.24. The SMILES string of the molecule is C[C@H](O)c1ccc(-c2ccc(CNCc3cccnc3)o2)cc1. The van der Waals surface area contributed by atoms with E-state index in [1.807, 2.05) is 54.7 Å². The molecule has 2 heterocycles. The summed E-state index contributed by atoms with van der Waals surface area (Å²) in [5.41, 5.74) is 3.06. The van der Waals surface area contributed by atoms with Gasteiger partial charge in [0.1, 0.15) is 11.5 Å². The molecule has 0 fully saturated rings. The largest absolute Gasteiger partial charge is 0.460 e. The van der Waals surface area contributed by atoms with E-state index in [1.54, 1.807) is 13.1 Å². The summed E-state index contributed by atoms with van der Waals surface area (Å²) in [5.74, 6) is 1.73. The van der Waals surface area contributed by atoms with E-state index < -0.39 is 6.10 Å². The molecule has 0 aliphatic carbocycles. The number of aliphatic hydroxyl groups excluding tert-OH is 1. The van der Waals surface area contributed by atoms with Crippen LogP contribution in [-0.2, 0) is 13.1 Å². The molecule has 0 bridgehead atoms. The number of hydrogen-bond donors (Lipinski definition) is 2. The number of benzene rings is 1. The summed E-state index contributed by atoms with van der Waals surface area (Å²) in [7, 11) is 0. The molecule has 4 nitrogen and oxygen atoms in total. The second kappa shape index (κ2) is 7.22. The Labute approximate surface area is 135 Å². The first-order valence-electron chi connectivity index (χ1n) is 7.69. The minimum Gasteiger partial charge on any atom is -0.460 e. The lowest BCUT2D eigenvalue weighted by atomic mass is 10.1. The summed E-state index contributed by atoms with van der Waals surface area (Å²) < 4.78 is 5.87. The number of rotatable bonds is 6. The van der Waals surface area contributed by atoms with Gasteiger partial charge in [-0.2, -0.15) is 0 Å². The summed E-state index contributed by atoms with van der Waals surface area (Å²) in [6, 6.07) is 15.7. The second-order valence-electron chi connectivity index (χ2n) is 5.53. The van der Waals surface area contributed by atoms with Crippen molar-refractivity contribution < 1.29 is 9.52 Å². The maximum absolute atomic E-state index is 9.54. The smallest absolute Gasteiger partial charge is 0.134 e. The Hall–Kier alpha value is -2.43. The summed E-state index contributed by atoms with van der Waals surface area (Å²) in [5, 5.41) is 12.9. The minimum absolute atomic E-state index is 0.451. The molecule has 2 aromatic heterocycles. The Balaban J connectivity index is 1.59. The van der Waals surface area contributed by atoms with E-state index in [9.17, 15) is 5.11 Å². The predicted molar refractivity (Wildman–Crippen MR) is 89.6 cm³/mol. The third kappa shape index (κ3) is 4.06. The molecule has 0 saturated carbocycles. The topological polar surface area (TPSA) is 58.3 Å². The fourth-order valence-corrected chi connectivity index (χ4v) is 2.39. The molecule has 118 valence electrons. The summed E-state index contributed by atoms with van der Waals surface area (Å²) in [6.45, 7) is 3.18. The van der Waals surface area contributed by atoms with Gasteiger partial charge in [0, 0.05) is 24.5 Å². The summed E-state index contributed by atoms with van der Waals surface area (Å²) in [6.07, 6.45) is 3.17. The number of nitrogens with zero attached hydrogens (tertiary/aromatic N) is 1. The van der Waals surface area contributed by atoms with Crippen molar-refractivity contribution in [3.05, 3.63) is 77.8 Å². The molecule has 3 aromatic rings. The zero-order valence-electron chi connectivity index (χ0n) is 13.1. The molecule has 2 N–H and O–H groups in total. The highest BCUT2D eigenvalue weighted by Gasteiger charge is 2.06. The van der Waals surface area contributed by atoms with Gasteiger partial charge < -0.3 is 14.8 Å². The lowest BCUT2D eigenvalue weighted by Gasteiger charge is -2.05. The number of furan rings is 1. The van der Waals surface area contributed by atoms with Crippen molar-refractivity contribution in [2.45, 2.75) is 26.1 Å². The average Bonchev–Trinajstić information content (AvgIpc) is 3.05. The van der Waals surface area contributed by atoms with Crippen LogP contribution < -0.4 is 5.32 Å². The highest BCUT2D eigenvalue weighted by atomic mass is 16.3. The van der Waals surface area contributed by atoms with E-state index in [0.29, 0.717) is 6.54 Å². The normalized spacial score (nSPS) is 12.3. The number of hydrogen-bond acceptors (Lipinski definition) is 4. The predicted octanol–water partition coefficient (Wildman–Crippen LogP) is 3.68. The first-order chi connectivity index (χ1) is 11.2. The van der Waals surface area contributed by atoms with Crippen molar-refractivity contribution in [3.63, 3.8) is 0 Å². The second-order valence-corrected chi connectivity index (χ2v) is 5.53. The van der Waals surface area contributed by atoms with Crippen molar-refractivity contribution in [2.24, 2.45) is 0 Å². The molecule has 4 heteroatoms. The van der Waals surface area contributed by atoms with E-state index in [1.165, 1.54) is 0 Å². The van der Waals surface area contributed by atoms with Gasteiger partial charge in [-0.15, -0.1) is 0 Å². The standard InChI is InChI=1S/C19H20N2O2/c1-14(22)16-4-6-17(7-5-16)19-9-8-18(23-19)13-21-12-15-3-2-10-20-11-15/h2-11,14,21-22H,12-13H2,1H3/t14-/m0/s1. The first-order valence-corrected chi connectivity index (χ1v) is 7.69. The molecule has 0 amide bonds. The monoisotopic (exact) mass is 308 g/mol. The highest BCUT2D eigenvalue weighted by molar-refractivity contribution is 5.58. The van der Waals surface area contributed by atoms with Crippen LogP contribution in [0.1, 0.15) is 29.9 Å². The molecule has 3 rings (SSSR count). The van der Waals surface area contributed by atoms with Crippen LogP contribution in [0.3, 0.4) is 0 Å². The van der Waals surface area contributed by atoms with Crippen LogP contribution in [-0.4, -0.2) is 10.1 Å². The van der Waals surface area contributed by atoms with Gasteiger partial charge in [-0.05, 0) is 36.2 Å². The van der Waals surface area contributed by atoms with E-state index in [0.717, 1.165) is 34.8 Å². The third-order valence-corrected chi connectivity index (χ3v) is 3.69. The van der Waals surface area contributed by atoms with E-state index in [2.05, 4.69) is 10.3 Å². The Kier molecular flexibility index (Phi) is 4.86. The number of aliphatic hydroxyl groups is 1. The number of pyridine rings is 1. The average molecular weight is 308 g/mol. The maximum atomic E-state index is 9.54.